The minimum absolute atomic E-state index is 0.379. The molecule has 92 valence electrons. The minimum Gasteiger partial charge on any atom is -0.496 e. The summed E-state index contributed by atoms with van der Waals surface area (Å²) >= 11 is 0. The number of rotatable bonds is 7. The van der Waals surface area contributed by atoms with E-state index in [0.717, 1.165) is 12.8 Å². The highest BCUT2D eigenvalue weighted by molar-refractivity contribution is 5.87. The Hall–Kier alpha value is -1.84. The van der Waals surface area contributed by atoms with E-state index in [2.05, 4.69) is 6.92 Å². The molecule has 1 aromatic rings. The van der Waals surface area contributed by atoms with Crippen LogP contribution in [0.15, 0.2) is 12.1 Å². The highest BCUT2D eigenvalue weighted by atomic mass is 16.5. The first-order valence-corrected chi connectivity index (χ1v) is 5.52. The normalized spacial score (nSPS) is 9.76. The summed E-state index contributed by atoms with van der Waals surface area (Å²) in [6.45, 7) is 2.58. The van der Waals surface area contributed by atoms with Gasteiger partial charge in [-0.05, 0) is 18.6 Å². The van der Waals surface area contributed by atoms with Crippen molar-refractivity contribution in [3.8, 4) is 11.5 Å². The van der Waals surface area contributed by atoms with Gasteiger partial charge >= 0.3 is 0 Å². The Morgan fingerprint density at radius 3 is 2.24 bits per heavy atom. The zero-order chi connectivity index (χ0) is 12.7. The molecule has 4 nitrogen and oxygen atoms in total. The minimum atomic E-state index is 0.379. The van der Waals surface area contributed by atoms with Crippen LogP contribution >= 0.6 is 0 Å². The second-order valence-electron chi connectivity index (χ2n) is 3.57. The Labute approximate surface area is 101 Å². The molecule has 1 aromatic carbocycles. The van der Waals surface area contributed by atoms with E-state index in [1.807, 2.05) is 0 Å². The Morgan fingerprint density at radius 2 is 1.71 bits per heavy atom. The van der Waals surface area contributed by atoms with Gasteiger partial charge in [-0.1, -0.05) is 13.3 Å². The fraction of sp³-hybridized carbons (Fsp3) is 0.385. The lowest BCUT2D eigenvalue weighted by molar-refractivity contribution is 0.110. The van der Waals surface area contributed by atoms with Crippen molar-refractivity contribution < 1.29 is 19.1 Å². The maximum Gasteiger partial charge on any atom is 0.153 e. The molecule has 0 radical (unpaired) electrons. The largest absolute Gasteiger partial charge is 0.496 e. The number of ether oxygens (including phenoxy) is 2. The first kappa shape index (κ1) is 13.2. The Kier molecular flexibility index (Phi) is 5.20. The van der Waals surface area contributed by atoms with E-state index in [4.69, 9.17) is 9.47 Å². The van der Waals surface area contributed by atoms with E-state index in [1.54, 1.807) is 0 Å². The zero-order valence-corrected chi connectivity index (χ0v) is 10.1. The molecular formula is C13H16O4. The molecule has 1 rings (SSSR count). The molecule has 4 heteroatoms. The van der Waals surface area contributed by atoms with E-state index in [9.17, 15) is 9.59 Å². The summed E-state index contributed by atoms with van der Waals surface area (Å²) in [4.78, 5) is 21.7. The average Bonchev–Trinajstić information content (AvgIpc) is 2.38. The topological polar surface area (TPSA) is 52.6 Å². The zero-order valence-electron chi connectivity index (χ0n) is 10.1. The van der Waals surface area contributed by atoms with Gasteiger partial charge in [-0.15, -0.1) is 0 Å². The molecule has 0 unspecified atom stereocenters. The Bertz CT molecular complexity index is 399. The lowest BCUT2D eigenvalue weighted by atomic mass is 10.1. The molecule has 0 aliphatic carbocycles. The van der Waals surface area contributed by atoms with Crippen molar-refractivity contribution in [1.82, 2.24) is 0 Å². The number of aldehydes is 2. The highest BCUT2D eigenvalue weighted by Crippen LogP contribution is 2.27. The van der Waals surface area contributed by atoms with Crippen LogP contribution in [0.3, 0.4) is 0 Å². The summed E-state index contributed by atoms with van der Waals surface area (Å²) in [6, 6.07) is 3.04. The first-order valence-electron chi connectivity index (χ1n) is 5.52. The summed E-state index contributed by atoms with van der Waals surface area (Å²) in [5, 5.41) is 0. The third-order valence-corrected chi connectivity index (χ3v) is 2.37. The van der Waals surface area contributed by atoms with Gasteiger partial charge in [0.2, 0.25) is 0 Å². The van der Waals surface area contributed by atoms with Crippen molar-refractivity contribution in [2.75, 3.05) is 13.7 Å². The number of hydrogen-bond donors (Lipinski definition) is 0. The van der Waals surface area contributed by atoms with E-state index >= 15 is 0 Å². The summed E-state index contributed by atoms with van der Waals surface area (Å²) < 4.78 is 10.5. The van der Waals surface area contributed by atoms with Crippen LogP contribution < -0.4 is 9.47 Å². The fourth-order valence-corrected chi connectivity index (χ4v) is 1.40. The third-order valence-electron chi connectivity index (χ3n) is 2.37. The SMILES string of the molecule is CCCCOc1cc(C=O)c(OC)cc1C=O. The molecule has 0 aliphatic rings. The molecule has 0 aliphatic heterocycles. The van der Waals surface area contributed by atoms with Crippen LogP contribution in [-0.4, -0.2) is 26.3 Å². The van der Waals surface area contributed by atoms with Crippen molar-refractivity contribution in [3.63, 3.8) is 0 Å². The monoisotopic (exact) mass is 236 g/mol. The quantitative estimate of drug-likeness (QED) is 0.539. The second kappa shape index (κ2) is 6.68. The molecular weight excluding hydrogens is 220 g/mol. The maximum absolute atomic E-state index is 10.9. The smallest absolute Gasteiger partial charge is 0.153 e. The number of carbonyl (C=O) groups is 2. The van der Waals surface area contributed by atoms with Gasteiger partial charge in [0.1, 0.15) is 11.5 Å². The van der Waals surface area contributed by atoms with Crippen LogP contribution in [0.25, 0.3) is 0 Å². The average molecular weight is 236 g/mol. The van der Waals surface area contributed by atoms with Crippen LogP contribution in [0.5, 0.6) is 11.5 Å². The third kappa shape index (κ3) is 3.31. The molecule has 0 N–H and O–H groups in total. The van der Waals surface area contributed by atoms with E-state index in [0.29, 0.717) is 41.8 Å². The lowest BCUT2D eigenvalue weighted by Crippen LogP contribution is -2.02. The van der Waals surface area contributed by atoms with Gasteiger partial charge in [0, 0.05) is 0 Å². The summed E-state index contributed by atoms with van der Waals surface area (Å²) in [7, 11) is 1.45. The standard InChI is InChI=1S/C13H16O4/c1-3-4-5-17-13-7-10(8-14)12(16-2)6-11(13)9-15/h6-9H,3-5H2,1-2H3. The van der Waals surface area contributed by atoms with Gasteiger partial charge < -0.3 is 9.47 Å². The summed E-state index contributed by atoms with van der Waals surface area (Å²) in [5.41, 5.74) is 0.771. The predicted molar refractivity (Wildman–Crippen MR) is 64.2 cm³/mol. The maximum atomic E-state index is 10.9. The van der Waals surface area contributed by atoms with Gasteiger partial charge in [-0.25, -0.2) is 0 Å². The fourth-order valence-electron chi connectivity index (χ4n) is 1.40. The van der Waals surface area contributed by atoms with Crippen LogP contribution in [0.4, 0.5) is 0 Å². The van der Waals surface area contributed by atoms with Crippen molar-refractivity contribution in [3.05, 3.63) is 23.3 Å². The highest BCUT2D eigenvalue weighted by Gasteiger charge is 2.10. The van der Waals surface area contributed by atoms with E-state index in [1.165, 1.54) is 19.2 Å². The summed E-state index contributed by atoms with van der Waals surface area (Å²) in [5.74, 6) is 0.807. The molecule has 0 aromatic heterocycles. The van der Waals surface area contributed by atoms with Crippen LogP contribution in [0.1, 0.15) is 40.5 Å². The number of methoxy groups -OCH3 is 1. The van der Waals surface area contributed by atoms with Crippen molar-refractivity contribution in [1.29, 1.82) is 0 Å². The molecule has 17 heavy (non-hydrogen) atoms. The number of unbranched alkanes of at least 4 members (excludes halogenated alkanes) is 1. The first-order chi connectivity index (χ1) is 8.26. The van der Waals surface area contributed by atoms with Crippen LogP contribution in [0, 0.1) is 0 Å². The molecule has 0 saturated heterocycles. The Morgan fingerprint density at radius 1 is 1.12 bits per heavy atom. The molecule has 0 fully saturated rings. The van der Waals surface area contributed by atoms with Crippen molar-refractivity contribution in [2.45, 2.75) is 19.8 Å². The van der Waals surface area contributed by atoms with E-state index < -0.39 is 0 Å². The van der Waals surface area contributed by atoms with Crippen LogP contribution in [0.2, 0.25) is 0 Å². The Balaban J connectivity index is 3.01. The van der Waals surface area contributed by atoms with Gasteiger partial charge in [-0.3, -0.25) is 9.59 Å². The van der Waals surface area contributed by atoms with Gasteiger partial charge in [-0.2, -0.15) is 0 Å². The molecule has 0 atom stereocenters. The molecule has 0 heterocycles. The molecule has 0 saturated carbocycles. The van der Waals surface area contributed by atoms with Gasteiger partial charge in [0.05, 0.1) is 24.8 Å². The molecule has 0 bridgehead atoms. The van der Waals surface area contributed by atoms with Crippen molar-refractivity contribution >= 4 is 12.6 Å². The van der Waals surface area contributed by atoms with Gasteiger partial charge in [0.25, 0.3) is 0 Å². The van der Waals surface area contributed by atoms with E-state index in [-0.39, 0.29) is 0 Å². The lowest BCUT2D eigenvalue weighted by Gasteiger charge is -2.11. The molecule has 0 amide bonds. The predicted octanol–water partition coefficient (Wildman–Crippen LogP) is 2.50. The second-order valence-corrected chi connectivity index (χ2v) is 3.57. The van der Waals surface area contributed by atoms with Gasteiger partial charge in [0.15, 0.2) is 12.6 Å². The number of hydrogen-bond acceptors (Lipinski definition) is 4. The molecule has 0 spiro atoms. The van der Waals surface area contributed by atoms with Crippen LogP contribution in [-0.2, 0) is 0 Å². The van der Waals surface area contributed by atoms with Crippen molar-refractivity contribution in [2.24, 2.45) is 0 Å². The number of benzene rings is 1. The summed E-state index contributed by atoms with van der Waals surface area (Å²) in [6.07, 6.45) is 3.28. The number of carbonyl (C=O) groups excluding carboxylic acids is 2.